The molecule has 0 aliphatic heterocycles. The van der Waals surface area contributed by atoms with Crippen LogP contribution in [0, 0.1) is 5.92 Å². The summed E-state index contributed by atoms with van der Waals surface area (Å²) in [7, 11) is 0. The largest absolute Gasteiger partial charge is 0.494 e. The fourth-order valence-corrected chi connectivity index (χ4v) is 2.99. The lowest BCUT2D eigenvalue weighted by Gasteiger charge is -2.20. The van der Waals surface area contributed by atoms with Crippen LogP contribution in [0.3, 0.4) is 0 Å². The number of benzene rings is 1. The van der Waals surface area contributed by atoms with Gasteiger partial charge < -0.3 is 14.8 Å². The van der Waals surface area contributed by atoms with E-state index in [1.165, 1.54) is 0 Å². The zero-order valence-electron chi connectivity index (χ0n) is 16.5. The van der Waals surface area contributed by atoms with E-state index >= 15 is 0 Å². The number of carbonyl (C=O) groups excluding carboxylic acids is 3. The van der Waals surface area contributed by atoms with Crippen molar-refractivity contribution >= 4 is 17.7 Å². The lowest BCUT2D eigenvalue weighted by molar-refractivity contribution is -0.133. The van der Waals surface area contributed by atoms with Gasteiger partial charge in [-0.05, 0) is 51.0 Å². The van der Waals surface area contributed by atoms with Gasteiger partial charge in [-0.1, -0.05) is 19.3 Å². The average Bonchev–Trinajstić information content (AvgIpc) is 2.72. The summed E-state index contributed by atoms with van der Waals surface area (Å²) in [5.41, 5.74) is 4.58. The van der Waals surface area contributed by atoms with E-state index < -0.39 is 17.9 Å². The Morgan fingerprint density at radius 2 is 1.68 bits per heavy atom. The Hall–Kier alpha value is -2.77. The van der Waals surface area contributed by atoms with Crippen LogP contribution in [0.2, 0.25) is 0 Å². The number of hydrogen-bond donors (Lipinski definition) is 3. The predicted molar refractivity (Wildman–Crippen MR) is 104 cm³/mol. The second-order valence-corrected chi connectivity index (χ2v) is 6.75. The molecule has 1 aromatic rings. The van der Waals surface area contributed by atoms with E-state index in [9.17, 15) is 14.4 Å². The van der Waals surface area contributed by atoms with Crippen LogP contribution in [0.25, 0.3) is 0 Å². The van der Waals surface area contributed by atoms with Gasteiger partial charge in [0.15, 0.2) is 6.10 Å². The van der Waals surface area contributed by atoms with E-state index in [0.29, 0.717) is 12.4 Å². The zero-order valence-corrected chi connectivity index (χ0v) is 16.5. The summed E-state index contributed by atoms with van der Waals surface area (Å²) >= 11 is 0. The first-order chi connectivity index (χ1) is 13.5. The molecule has 0 spiro atoms. The number of amides is 3. The van der Waals surface area contributed by atoms with Gasteiger partial charge in [0.1, 0.15) is 11.5 Å². The number of rotatable bonds is 8. The Bertz CT molecular complexity index is 656. The van der Waals surface area contributed by atoms with Gasteiger partial charge in [0.25, 0.3) is 11.8 Å². The Morgan fingerprint density at radius 1 is 1.04 bits per heavy atom. The maximum absolute atomic E-state index is 12.0. The molecule has 1 aromatic carbocycles. The molecule has 0 heterocycles. The molecule has 0 saturated heterocycles. The molecular weight excluding hydrogens is 362 g/mol. The zero-order chi connectivity index (χ0) is 20.4. The molecule has 1 unspecified atom stereocenters. The highest BCUT2D eigenvalue weighted by Gasteiger charge is 2.21. The van der Waals surface area contributed by atoms with E-state index in [1.54, 1.807) is 31.2 Å². The van der Waals surface area contributed by atoms with Crippen LogP contribution in [0.15, 0.2) is 24.3 Å². The van der Waals surface area contributed by atoms with Crippen molar-refractivity contribution in [3.05, 3.63) is 24.3 Å². The van der Waals surface area contributed by atoms with Gasteiger partial charge >= 0.3 is 0 Å². The van der Waals surface area contributed by atoms with Crippen LogP contribution in [0.5, 0.6) is 11.5 Å². The van der Waals surface area contributed by atoms with Crippen LogP contribution < -0.4 is 25.6 Å². The molecule has 1 saturated carbocycles. The average molecular weight is 391 g/mol. The summed E-state index contributed by atoms with van der Waals surface area (Å²) in [6.07, 6.45) is 4.18. The standard InChI is InChI=1S/C20H29N3O5/c1-3-27-16-9-11-17(12-10-16)28-14(2)19(25)23-22-18(24)13-21-20(26)15-7-5-4-6-8-15/h9-12,14-15H,3-8,13H2,1-2H3,(H,21,26)(H,22,24)(H,23,25). The van der Waals surface area contributed by atoms with Gasteiger partial charge in [0, 0.05) is 5.92 Å². The first-order valence-corrected chi connectivity index (χ1v) is 9.75. The molecule has 0 radical (unpaired) electrons. The third kappa shape index (κ3) is 7.09. The minimum Gasteiger partial charge on any atom is -0.494 e. The second kappa shape index (κ2) is 11.2. The van der Waals surface area contributed by atoms with Crippen LogP contribution >= 0.6 is 0 Å². The van der Waals surface area contributed by atoms with Gasteiger partial charge in [0.2, 0.25) is 5.91 Å². The Labute approximate surface area is 165 Å². The van der Waals surface area contributed by atoms with E-state index in [0.717, 1.165) is 37.9 Å². The van der Waals surface area contributed by atoms with Crippen molar-refractivity contribution in [2.75, 3.05) is 13.2 Å². The molecule has 28 heavy (non-hydrogen) atoms. The molecule has 154 valence electrons. The Kier molecular flexibility index (Phi) is 8.58. The van der Waals surface area contributed by atoms with Crippen LogP contribution in [-0.4, -0.2) is 37.0 Å². The van der Waals surface area contributed by atoms with Crippen LogP contribution in [-0.2, 0) is 14.4 Å². The van der Waals surface area contributed by atoms with Gasteiger partial charge in [-0.25, -0.2) is 0 Å². The molecule has 8 nitrogen and oxygen atoms in total. The minimum atomic E-state index is -0.810. The van der Waals surface area contributed by atoms with Gasteiger partial charge in [0.05, 0.1) is 13.2 Å². The highest BCUT2D eigenvalue weighted by atomic mass is 16.5. The summed E-state index contributed by atoms with van der Waals surface area (Å²) in [4.78, 5) is 35.9. The molecule has 0 bridgehead atoms. The summed E-state index contributed by atoms with van der Waals surface area (Å²) < 4.78 is 10.9. The molecule has 1 aliphatic rings. The molecule has 1 aliphatic carbocycles. The SMILES string of the molecule is CCOc1ccc(OC(C)C(=O)NNC(=O)CNC(=O)C2CCCCC2)cc1. The molecule has 8 heteroatoms. The minimum absolute atomic E-state index is 0.0151. The van der Waals surface area contributed by atoms with Gasteiger partial charge in [-0.3, -0.25) is 25.2 Å². The Morgan fingerprint density at radius 3 is 2.32 bits per heavy atom. The molecule has 3 amide bonds. The van der Waals surface area contributed by atoms with Gasteiger partial charge in [-0.15, -0.1) is 0 Å². The summed E-state index contributed by atoms with van der Waals surface area (Å²) in [5.74, 6) is 0.116. The smallest absolute Gasteiger partial charge is 0.279 e. The van der Waals surface area contributed by atoms with E-state index in [4.69, 9.17) is 9.47 Å². The number of carbonyl (C=O) groups is 3. The number of ether oxygens (including phenoxy) is 2. The molecule has 1 atom stereocenters. The van der Waals surface area contributed by atoms with Crippen molar-refractivity contribution < 1.29 is 23.9 Å². The number of hydrazine groups is 1. The van der Waals surface area contributed by atoms with E-state index in [-0.39, 0.29) is 18.4 Å². The molecule has 1 fully saturated rings. The van der Waals surface area contributed by atoms with Crippen molar-refractivity contribution in [1.29, 1.82) is 0 Å². The summed E-state index contributed by atoms with van der Waals surface area (Å²) in [6.45, 7) is 3.86. The van der Waals surface area contributed by atoms with Crippen molar-refractivity contribution in [3.63, 3.8) is 0 Å². The quantitative estimate of drug-likeness (QED) is 0.585. The van der Waals surface area contributed by atoms with E-state index in [2.05, 4.69) is 16.2 Å². The summed E-state index contributed by atoms with van der Waals surface area (Å²) in [5, 5.41) is 2.62. The molecule has 2 rings (SSSR count). The maximum atomic E-state index is 12.0. The molecule has 3 N–H and O–H groups in total. The number of hydrogen-bond acceptors (Lipinski definition) is 5. The topological polar surface area (TPSA) is 106 Å². The maximum Gasteiger partial charge on any atom is 0.279 e. The fourth-order valence-electron chi connectivity index (χ4n) is 2.99. The molecular formula is C20H29N3O5. The third-order valence-corrected chi connectivity index (χ3v) is 4.54. The fraction of sp³-hybridized carbons (Fsp3) is 0.550. The van der Waals surface area contributed by atoms with Crippen molar-refractivity contribution in [2.45, 2.75) is 52.1 Å². The second-order valence-electron chi connectivity index (χ2n) is 6.75. The predicted octanol–water partition coefficient (Wildman–Crippen LogP) is 1.70. The first-order valence-electron chi connectivity index (χ1n) is 9.75. The highest BCUT2D eigenvalue weighted by Crippen LogP contribution is 2.23. The number of nitrogens with one attached hydrogen (secondary N) is 3. The lowest BCUT2D eigenvalue weighted by atomic mass is 9.89. The highest BCUT2D eigenvalue weighted by molar-refractivity contribution is 5.88. The summed E-state index contributed by atoms with van der Waals surface area (Å²) in [6, 6.07) is 6.91. The van der Waals surface area contributed by atoms with Crippen molar-refractivity contribution in [3.8, 4) is 11.5 Å². The van der Waals surface area contributed by atoms with Crippen LogP contribution in [0.1, 0.15) is 46.0 Å². The third-order valence-electron chi connectivity index (χ3n) is 4.54. The lowest BCUT2D eigenvalue weighted by Crippen LogP contribution is -2.50. The monoisotopic (exact) mass is 391 g/mol. The van der Waals surface area contributed by atoms with Crippen molar-refractivity contribution in [2.24, 2.45) is 5.92 Å². The van der Waals surface area contributed by atoms with Crippen molar-refractivity contribution in [1.82, 2.24) is 16.2 Å². The van der Waals surface area contributed by atoms with E-state index in [1.807, 2.05) is 6.92 Å². The van der Waals surface area contributed by atoms with Gasteiger partial charge in [-0.2, -0.15) is 0 Å². The first kappa shape index (κ1) is 21.5. The molecule has 0 aromatic heterocycles. The van der Waals surface area contributed by atoms with Crippen LogP contribution in [0.4, 0.5) is 0 Å². The normalized spacial score (nSPS) is 15.2. The Balaban J connectivity index is 1.67.